The molecule has 0 atom stereocenters. The minimum Gasteiger partial charge on any atom is -0.386 e. The average molecular weight is 408 g/mol. The maximum Gasteiger partial charge on any atom is 0.253 e. The predicted molar refractivity (Wildman–Crippen MR) is 114 cm³/mol. The Morgan fingerprint density at radius 2 is 1.96 bits per heavy atom. The number of carbonyl (C=O) groups is 1. The SMILES string of the molecule is C=C/C(C)=C\C=C(/N)NCC1CCC(NC(=O)c2cc(Cl)ccc2Cl)CC1. The zero-order chi connectivity index (χ0) is 19.8. The summed E-state index contributed by atoms with van der Waals surface area (Å²) in [6.07, 6.45) is 9.53. The fraction of sp³-hybridized carbons (Fsp3) is 0.381. The minimum atomic E-state index is -0.166. The van der Waals surface area contributed by atoms with Crippen molar-refractivity contribution in [3.05, 3.63) is 70.0 Å². The molecule has 27 heavy (non-hydrogen) atoms. The van der Waals surface area contributed by atoms with E-state index < -0.39 is 0 Å². The molecule has 1 amide bonds. The summed E-state index contributed by atoms with van der Waals surface area (Å²) in [5, 5.41) is 7.26. The number of hydrogen-bond acceptors (Lipinski definition) is 3. The number of nitrogens with one attached hydrogen (secondary N) is 2. The first kappa shape index (κ1) is 21.4. The largest absolute Gasteiger partial charge is 0.386 e. The third-order valence-corrected chi connectivity index (χ3v) is 5.36. The highest BCUT2D eigenvalue weighted by molar-refractivity contribution is 6.35. The molecule has 0 saturated heterocycles. The third-order valence-electron chi connectivity index (χ3n) is 4.80. The van der Waals surface area contributed by atoms with Gasteiger partial charge in [-0.25, -0.2) is 0 Å². The van der Waals surface area contributed by atoms with Crippen LogP contribution >= 0.6 is 23.2 Å². The monoisotopic (exact) mass is 407 g/mol. The van der Waals surface area contributed by atoms with Crippen molar-refractivity contribution in [1.82, 2.24) is 10.6 Å². The number of rotatable bonds is 7. The van der Waals surface area contributed by atoms with Crippen LogP contribution in [0.25, 0.3) is 0 Å². The molecule has 146 valence electrons. The Morgan fingerprint density at radius 3 is 2.63 bits per heavy atom. The van der Waals surface area contributed by atoms with Gasteiger partial charge in [0.2, 0.25) is 0 Å². The lowest BCUT2D eigenvalue weighted by Gasteiger charge is -2.29. The molecular formula is C21H27Cl2N3O. The third kappa shape index (κ3) is 6.96. The summed E-state index contributed by atoms with van der Waals surface area (Å²) in [6, 6.07) is 5.08. The van der Waals surface area contributed by atoms with Crippen molar-refractivity contribution in [2.24, 2.45) is 11.7 Å². The second-order valence-corrected chi connectivity index (χ2v) is 7.78. The maximum absolute atomic E-state index is 12.4. The Bertz CT molecular complexity index is 735. The van der Waals surface area contributed by atoms with Gasteiger partial charge in [-0.3, -0.25) is 4.79 Å². The van der Waals surface area contributed by atoms with Gasteiger partial charge < -0.3 is 16.4 Å². The fourth-order valence-electron chi connectivity index (χ4n) is 3.06. The van der Waals surface area contributed by atoms with E-state index in [0.29, 0.717) is 27.3 Å². The van der Waals surface area contributed by atoms with Crippen LogP contribution in [0.1, 0.15) is 43.0 Å². The Balaban J connectivity index is 1.77. The molecule has 1 aromatic carbocycles. The van der Waals surface area contributed by atoms with Crippen molar-refractivity contribution in [2.45, 2.75) is 38.6 Å². The van der Waals surface area contributed by atoms with Crippen LogP contribution in [0, 0.1) is 5.92 Å². The summed E-state index contributed by atoms with van der Waals surface area (Å²) < 4.78 is 0. The van der Waals surface area contributed by atoms with Crippen molar-refractivity contribution in [3.8, 4) is 0 Å². The van der Waals surface area contributed by atoms with Crippen molar-refractivity contribution in [2.75, 3.05) is 6.54 Å². The van der Waals surface area contributed by atoms with Crippen LogP contribution in [0.2, 0.25) is 10.0 Å². The van der Waals surface area contributed by atoms with Gasteiger partial charge in [-0.15, -0.1) is 0 Å². The normalized spacial score (nSPS) is 20.9. The predicted octanol–water partition coefficient (Wildman–Crippen LogP) is 4.80. The molecule has 0 bridgehead atoms. The molecule has 0 unspecified atom stereocenters. The summed E-state index contributed by atoms with van der Waals surface area (Å²) in [7, 11) is 0. The molecule has 2 rings (SSSR count). The average Bonchev–Trinajstić information content (AvgIpc) is 2.67. The highest BCUT2D eigenvalue weighted by atomic mass is 35.5. The minimum absolute atomic E-state index is 0.162. The lowest BCUT2D eigenvalue weighted by atomic mass is 9.86. The van der Waals surface area contributed by atoms with E-state index in [1.165, 1.54) is 0 Å². The molecule has 0 radical (unpaired) electrons. The summed E-state index contributed by atoms with van der Waals surface area (Å²) in [5.41, 5.74) is 7.46. The maximum atomic E-state index is 12.4. The van der Waals surface area contributed by atoms with Crippen LogP contribution in [0.3, 0.4) is 0 Å². The topological polar surface area (TPSA) is 67.2 Å². The molecule has 0 spiro atoms. The van der Waals surface area contributed by atoms with Crippen molar-refractivity contribution in [1.29, 1.82) is 0 Å². The van der Waals surface area contributed by atoms with E-state index in [0.717, 1.165) is 37.8 Å². The van der Waals surface area contributed by atoms with Crippen LogP contribution in [-0.2, 0) is 0 Å². The summed E-state index contributed by atoms with van der Waals surface area (Å²) in [4.78, 5) is 12.4. The second-order valence-electron chi connectivity index (χ2n) is 6.93. The first-order chi connectivity index (χ1) is 12.9. The molecule has 4 N–H and O–H groups in total. The number of halogens is 2. The molecule has 6 heteroatoms. The van der Waals surface area contributed by atoms with Gasteiger partial charge in [-0.2, -0.15) is 0 Å². The van der Waals surface area contributed by atoms with Gasteiger partial charge in [0.25, 0.3) is 5.91 Å². The van der Waals surface area contributed by atoms with E-state index in [2.05, 4.69) is 17.2 Å². The van der Waals surface area contributed by atoms with Gasteiger partial charge in [0, 0.05) is 17.6 Å². The standard InChI is InChI=1S/C21H27Cl2N3O/c1-3-14(2)4-11-20(24)25-13-15-5-8-17(9-6-15)26-21(27)18-12-16(22)7-10-19(18)23/h3-4,7,10-12,15,17,25H,1,5-6,8-9,13,24H2,2H3,(H,26,27)/b14-4-,20-11+. The Labute approximate surface area is 171 Å². The second kappa shape index (κ2) is 10.4. The Kier molecular flexibility index (Phi) is 8.26. The quantitative estimate of drug-likeness (QED) is 0.568. The van der Waals surface area contributed by atoms with E-state index in [1.54, 1.807) is 24.3 Å². The van der Waals surface area contributed by atoms with Crippen LogP contribution in [-0.4, -0.2) is 18.5 Å². The highest BCUT2D eigenvalue weighted by Crippen LogP contribution is 2.25. The first-order valence-corrected chi connectivity index (χ1v) is 9.91. The lowest BCUT2D eigenvalue weighted by molar-refractivity contribution is 0.0922. The van der Waals surface area contributed by atoms with E-state index in [-0.39, 0.29) is 11.9 Å². The number of hydrogen-bond donors (Lipinski definition) is 3. The fourth-order valence-corrected chi connectivity index (χ4v) is 3.43. The molecule has 0 aliphatic heterocycles. The zero-order valence-corrected chi connectivity index (χ0v) is 17.1. The van der Waals surface area contributed by atoms with E-state index in [9.17, 15) is 4.79 Å². The number of nitrogens with two attached hydrogens (primary N) is 1. The number of amides is 1. The summed E-state index contributed by atoms with van der Waals surface area (Å²) in [5.74, 6) is 1.03. The number of allylic oxidation sites excluding steroid dienone is 4. The Hall–Kier alpha value is -1.91. The van der Waals surface area contributed by atoms with Gasteiger partial charge in [0.15, 0.2) is 0 Å². The molecule has 1 aromatic rings. The van der Waals surface area contributed by atoms with Gasteiger partial charge >= 0.3 is 0 Å². The van der Waals surface area contributed by atoms with E-state index in [4.69, 9.17) is 28.9 Å². The van der Waals surface area contributed by atoms with Crippen LogP contribution in [0.5, 0.6) is 0 Å². The molecular weight excluding hydrogens is 381 g/mol. The van der Waals surface area contributed by atoms with Gasteiger partial charge in [-0.1, -0.05) is 47.5 Å². The van der Waals surface area contributed by atoms with Gasteiger partial charge in [0.1, 0.15) is 0 Å². The first-order valence-electron chi connectivity index (χ1n) is 9.15. The van der Waals surface area contributed by atoms with Crippen molar-refractivity contribution in [3.63, 3.8) is 0 Å². The lowest BCUT2D eigenvalue weighted by Crippen LogP contribution is -2.39. The molecule has 0 aromatic heterocycles. The highest BCUT2D eigenvalue weighted by Gasteiger charge is 2.23. The molecule has 1 saturated carbocycles. The van der Waals surface area contributed by atoms with Crippen molar-refractivity contribution < 1.29 is 4.79 Å². The molecule has 4 nitrogen and oxygen atoms in total. The molecule has 0 heterocycles. The van der Waals surface area contributed by atoms with E-state index in [1.807, 2.05) is 19.1 Å². The number of carbonyl (C=O) groups excluding carboxylic acids is 1. The zero-order valence-electron chi connectivity index (χ0n) is 15.6. The molecule has 1 aliphatic rings. The summed E-state index contributed by atoms with van der Waals surface area (Å²) in [6.45, 7) is 6.52. The van der Waals surface area contributed by atoms with Crippen LogP contribution < -0.4 is 16.4 Å². The smallest absolute Gasteiger partial charge is 0.253 e. The number of benzene rings is 1. The Morgan fingerprint density at radius 1 is 1.26 bits per heavy atom. The van der Waals surface area contributed by atoms with Gasteiger partial charge in [0.05, 0.1) is 16.4 Å². The van der Waals surface area contributed by atoms with E-state index >= 15 is 0 Å². The van der Waals surface area contributed by atoms with Crippen LogP contribution in [0.15, 0.2) is 54.4 Å². The molecule has 1 aliphatic carbocycles. The van der Waals surface area contributed by atoms with Crippen molar-refractivity contribution >= 4 is 29.1 Å². The van der Waals surface area contributed by atoms with Gasteiger partial charge in [-0.05, 0) is 62.8 Å². The molecule has 1 fully saturated rings. The van der Waals surface area contributed by atoms with Crippen LogP contribution in [0.4, 0.5) is 0 Å². The summed E-state index contributed by atoms with van der Waals surface area (Å²) >= 11 is 12.1.